The molecule has 2 saturated heterocycles. The van der Waals surface area contributed by atoms with Crippen LogP contribution in [0.4, 0.5) is 0 Å². The molecule has 1 radical (unpaired) electrons. The van der Waals surface area contributed by atoms with Crippen molar-refractivity contribution in [1.82, 2.24) is 0 Å². The van der Waals surface area contributed by atoms with Gasteiger partial charge in [-0.05, 0) is 30.2 Å². The van der Waals surface area contributed by atoms with E-state index in [-0.39, 0.29) is 10.8 Å². The van der Waals surface area contributed by atoms with Gasteiger partial charge < -0.3 is 18.9 Å². The fraction of sp³-hybridized carbons (Fsp3) is 0.455. The van der Waals surface area contributed by atoms with Gasteiger partial charge in [0.05, 0.1) is 39.6 Å². The van der Waals surface area contributed by atoms with Crippen molar-refractivity contribution in [3.63, 3.8) is 0 Å². The van der Waals surface area contributed by atoms with Crippen LogP contribution in [0.3, 0.4) is 0 Å². The largest absolute Gasteiger partial charge is 0.493 e. The molecule has 0 aromatic heterocycles. The molecule has 2 aromatic carbocycles. The van der Waals surface area contributed by atoms with Gasteiger partial charge in [-0.2, -0.15) is 0 Å². The van der Waals surface area contributed by atoms with Crippen molar-refractivity contribution in [2.45, 2.75) is 18.8 Å². The molecule has 4 nitrogen and oxygen atoms in total. The van der Waals surface area contributed by atoms with Crippen LogP contribution in [0.1, 0.15) is 18.9 Å². The van der Waals surface area contributed by atoms with E-state index in [0.29, 0.717) is 13.2 Å². The summed E-state index contributed by atoms with van der Waals surface area (Å²) < 4.78 is 22.7. The zero-order chi connectivity index (χ0) is 17.9. The first-order valence-electron chi connectivity index (χ1n) is 9.16. The molecule has 0 N–H and O–H groups in total. The van der Waals surface area contributed by atoms with Crippen LogP contribution in [-0.4, -0.2) is 39.6 Å². The van der Waals surface area contributed by atoms with Crippen molar-refractivity contribution in [3.8, 4) is 11.5 Å². The standard InChI is InChI=1S/C22H25O4/c1-21(13-23-14-21)15-26-20-9-5-6-18(12-20)22(16-24-17-22)10-11-25-19-7-3-2-4-8-19/h2-7,9,12H,10-11,13-17H2,1H3. The monoisotopic (exact) mass is 353 g/mol. The molecule has 2 aliphatic heterocycles. The zero-order valence-electron chi connectivity index (χ0n) is 15.2. The smallest absolute Gasteiger partial charge is 0.127 e. The Hall–Kier alpha value is -2.04. The summed E-state index contributed by atoms with van der Waals surface area (Å²) in [7, 11) is 0. The minimum Gasteiger partial charge on any atom is -0.493 e. The summed E-state index contributed by atoms with van der Waals surface area (Å²) in [4.78, 5) is 0. The van der Waals surface area contributed by atoms with Crippen molar-refractivity contribution in [1.29, 1.82) is 0 Å². The van der Waals surface area contributed by atoms with E-state index in [1.165, 1.54) is 5.56 Å². The van der Waals surface area contributed by atoms with E-state index in [0.717, 1.165) is 44.3 Å². The molecule has 0 unspecified atom stereocenters. The number of benzene rings is 2. The quantitative estimate of drug-likeness (QED) is 0.726. The molecule has 2 fully saturated rings. The second-order valence-electron chi connectivity index (χ2n) is 7.72. The number of rotatable bonds is 8. The van der Waals surface area contributed by atoms with Crippen LogP contribution in [0.25, 0.3) is 0 Å². The maximum absolute atomic E-state index is 6.03. The molecule has 0 atom stereocenters. The summed E-state index contributed by atoms with van der Waals surface area (Å²) in [6.45, 7) is 6.53. The van der Waals surface area contributed by atoms with E-state index in [1.807, 2.05) is 30.3 Å². The first-order valence-corrected chi connectivity index (χ1v) is 9.16. The van der Waals surface area contributed by atoms with E-state index in [2.05, 4.69) is 31.2 Å². The van der Waals surface area contributed by atoms with Gasteiger partial charge in [0.15, 0.2) is 0 Å². The van der Waals surface area contributed by atoms with Gasteiger partial charge in [0.2, 0.25) is 0 Å². The van der Waals surface area contributed by atoms with Crippen LogP contribution in [0.5, 0.6) is 11.5 Å². The predicted molar refractivity (Wildman–Crippen MR) is 98.8 cm³/mol. The van der Waals surface area contributed by atoms with Crippen LogP contribution in [0.15, 0.2) is 48.5 Å². The molecule has 0 spiro atoms. The summed E-state index contributed by atoms with van der Waals surface area (Å²) >= 11 is 0. The van der Waals surface area contributed by atoms with E-state index in [4.69, 9.17) is 18.9 Å². The third-order valence-electron chi connectivity index (χ3n) is 5.21. The van der Waals surface area contributed by atoms with Crippen LogP contribution in [-0.2, 0) is 14.9 Å². The van der Waals surface area contributed by atoms with Crippen molar-refractivity contribution < 1.29 is 18.9 Å². The first-order chi connectivity index (χ1) is 12.7. The fourth-order valence-corrected chi connectivity index (χ4v) is 3.33. The number of hydrogen-bond acceptors (Lipinski definition) is 4. The Balaban J connectivity index is 1.38. The van der Waals surface area contributed by atoms with E-state index < -0.39 is 0 Å². The Labute approximate surface area is 155 Å². The lowest BCUT2D eigenvalue weighted by Crippen LogP contribution is -2.47. The number of hydrogen-bond donors (Lipinski definition) is 0. The average Bonchev–Trinajstić information content (AvgIpc) is 2.62. The summed E-state index contributed by atoms with van der Waals surface area (Å²) in [6, 6.07) is 19.2. The van der Waals surface area contributed by atoms with Gasteiger partial charge in [0.1, 0.15) is 11.5 Å². The molecular formula is C22H25O4. The van der Waals surface area contributed by atoms with Gasteiger partial charge in [-0.1, -0.05) is 37.3 Å². The molecule has 2 aromatic rings. The van der Waals surface area contributed by atoms with Crippen LogP contribution < -0.4 is 9.47 Å². The topological polar surface area (TPSA) is 36.9 Å². The SMILES string of the molecule is CC1(COc2cccc(C3(CCOc4[c]cccc4)COC3)c2)COC1. The first kappa shape index (κ1) is 17.4. The molecule has 0 saturated carbocycles. The highest BCUT2D eigenvalue weighted by Crippen LogP contribution is 2.37. The Bertz CT molecular complexity index is 720. The third-order valence-corrected chi connectivity index (χ3v) is 5.21. The predicted octanol–water partition coefficient (Wildman–Crippen LogP) is 3.64. The van der Waals surface area contributed by atoms with Gasteiger partial charge in [-0.25, -0.2) is 0 Å². The Morgan fingerprint density at radius 2 is 1.85 bits per heavy atom. The molecular weight excluding hydrogens is 328 g/mol. The van der Waals surface area contributed by atoms with Crippen molar-refractivity contribution in [2.24, 2.45) is 5.41 Å². The average molecular weight is 353 g/mol. The van der Waals surface area contributed by atoms with Gasteiger partial charge in [-0.15, -0.1) is 0 Å². The Kier molecular flexibility index (Phi) is 4.88. The van der Waals surface area contributed by atoms with Crippen LogP contribution in [0, 0.1) is 11.5 Å². The highest BCUT2D eigenvalue weighted by Gasteiger charge is 2.40. The van der Waals surface area contributed by atoms with Crippen molar-refractivity contribution in [3.05, 3.63) is 60.2 Å². The van der Waals surface area contributed by atoms with Gasteiger partial charge in [-0.3, -0.25) is 0 Å². The van der Waals surface area contributed by atoms with E-state index in [9.17, 15) is 0 Å². The molecule has 2 heterocycles. The lowest BCUT2D eigenvalue weighted by molar-refractivity contribution is -0.120. The summed E-state index contributed by atoms with van der Waals surface area (Å²) in [6.07, 6.45) is 0.907. The minimum absolute atomic E-state index is 0.0115. The fourth-order valence-electron chi connectivity index (χ4n) is 3.33. The molecule has 4 rings (SSSR count). The second kappa shape index (κ2) is 7.29. The molecule has 0 bridgehead atoms. The van der Waals surface area contributed by atoms with Gasteiger partial charge >= 0.3 is 0 Å². The van der Waals surface area contributed by atoms with E-state index >= 15 is 0 Å². The molecule has 26 heavy (non-hydrogen) atoms. The van der Waals surface area contributed by atoms with Crippen LogP contribution >= 0.6 is 0 Å². The summed E-state index contributed by atoms with van der Waals surface area (Å²) in [5.74, 6) is 1.70. The number of ether oxygens (including phenoxy) is 4. The molecule has 0 aliphatic carbocycles. The highest BCUT2D eigenvalue weighted by atomic mass is 16.5. The van der Waals surface area contributed by atoms with Gasteiger partial charge in [0, 0.05) is 16.9 Å². The summed E-state index contributed by atoms with van der Waals surface area (Å²) in [5, 5.41) is 0. The molecule has 137 valence electrons. The molecule has 2 aliphatic rings. The normalized spacial score (nSPS) is 19.9. The minimum atomic E-state index is 0.0115. The number of para-hydroxylation sites is 1. The van der Waals surface area contributed by atoms with Crippen molar-refractivity contribution >= 4 is 0 Å². The van der Waals surface area contributed by atoms with E-state index in [1.54, 1.807) is 0 Å². The van der Waals surface area contributed by atoms with Crippen molar-refractivity contribution in [2.75, 3.05) is 39.6 Å². The van der Waals surface area contributed by atoms with Gasteiger partial charge in [0.25, 0.3) is 0 Å². The van der Waals surface area contributed by atoms with Crippen LogP contribution in [0.2, 0.25) is 0 Å². The third kappa shape index (κ3) is 3.71. The Morgan fingerprint density at radius 3 is 2.50 bits per heavy atom. The summed E-state index contributed by atoms with van der Waals surface area (Å²) in [5.41, 5.74) is 1.42. The zero-order valence-corrected chi connectivity index (χ0v) is 15.2. The lowest BCUT2D eigenvalue weighted by atomic mass is 9.76. The highest BCUT2D eigenvalue weighted by molar-refractivity contribution is 5.35. The molecule has 0 amide bonds. The maximum Gasteiger partial charge on any atom is 0.127 e. The Morgan fingerprint density at radius 1 is 1.00 bits per heavy atom. The lowest BCUT2D eigenvalue weighted by Gasteiger charge is -2.42. The second-order valence-corrected chi connectivity index (χ2v) is 7.72. The maximum atomic E-state index is 6.03. The molecule has 4 heteroatoms.